The number of likely N-dealkylation sites (N-methyl/N-ethyl adjacent to an activating group) is 1. The van der Waals surface area contributed by atoms with Gasteiger partial charge in [0.15, 0.2) is 0 Å². The van der Waals surface area contributed by atoms with Crippen molar-refractivity contribution in [3.8, 4) is 0 Å². The first-order valence-electron chi connectivity index (χ1n) is 5.75. The van der Waals surface area contributed by atoms with E-state index in [-0.39, 0.29) is 5.91 Å². The van der Waals surface area contributed by atoms with E-state index in [0.717, 1.165) is 5.69 Å². The van der Waals surface area contributed by atoms with Crippen LogP contribution in [0.15, 0.2) is 6.20 Å². The van der Waals surface area contributed by atoms with Gasteiger partial charge >= 0.3 is 0 Å². The molecule has 1 aromatic heterocycles. The van der Waals surface area contributed by atoms with Crippen LogP contribution in [0.1, 0.15) is 12.8 Å². The van der Waals surface area contributed by atoms with Gasteiger partial charge in [0.1, 0.15) is 17.0 Å². The van der Waals surface area contributed by atoms with E-state index in [1.165, 1.54) is 0 Å². The Hall–Kier alpha value is -1.69. The Morgan fingerprint density at radius 1 is 1.47 bits per heavy atom. The van der Waals surface area contributed by atoms with E-state index in [4.69, 9.17) is 10.5 Å². The first-order valence-corrected chi connectivity index (χ1v) is 5.75. The maximum absolute atomic E-state index is 12.3. The number of rotatable bonds is 0. The molecule has 1 saturated heterocycles. The molecular formula is C11H16N4O2. The molecule has 0 bridgehead atoms. The lowest BCUT2D eigenvalue weighted by Gasteiger charge is -2.46. The van der Waals surface area contributed by atoms with Crippen molar-refractivity contribution in [2.45, 2.75) is 18.4 Å². The number of nitrogens with one attached hydrogen (secondary N) is 2. The minimum atomic E-state index is -0.486. The molecule has 1 spiro atoms. The summed E-state index contributed by atoms with van der Waals surface area (Å²) in [6.45, 7) is 1.24. The molecular weight excluding hydrogens is 220 g/mol. The fourth-order valence-electron chi connectivity index (χ4n) is 2.71. The summed E-state index contributed by atoms with van der Waals surface area (Å²) in [6.07, 6.45) is 3.25. The SMILES string of the molecule is CN1c2c[nH]c(N)c2NC(=O)C12CCOCC2. The molecule has 0 saturated carbocycles. The average Bonchev–Trinajstić information content (AvgIpc) is 2.70. The van der Waals surface area contributed by atoms with Crippen LogP contribution in [0.5, 0.6) is 0 Å². The van der Waals surface area contributed by atoms with E-state index in [1.807, 2.05) is 18.1 Å². The molecule has 0 atom stereocenters. The van der Waals surface area contributed by atoms with E-state index in [2.05, 4.69) is 10.3 Å². The number of hydrogen-bond acceptors (Lipinski definition) is 4. The largest absolute Gasteiger partial charge is 0.383 e. The third-order valence-corrected chi connectivity index (χ3v) is 3.87. The number of nitrogen functional groups attached to an aromatic ring is 1. The lowest BCUT2D eigenvalue weighted by Crippen LogP contribution is -2.60. The van der Waals surface area contributed by atoms with Crippen LogP contribution >= 0.6 is 0 Å². The normalized spacial score (nSPS) is 22.4. The number of fused-ring (bicyclic) bond motifs is 1. The number of nitrogens with zero attached hydrogens (tertiary/aromatic N) is 1. The molecule has 1 amide bonds. The van der Waals surface area contributed by atoms with Crippen molar-refractivity contribution in [2.75, 3.05) is 36.2 Å². The molecule has 92 valence electrons. The quantitative estimate of drug-likeness (QED) is 0.613. The summed E-state index contributed by atoms with van der Waals surface area (Å²) in [5.41, 5.74) is 6.93. The summed E-state index contributed by atoms with van der Waals surface area (Å²) in [4.78, 5) is 17.3. The lowest BCUT2D eigenvalue weighted by atomic mass is 9.85. The summed E-state index contributed by atoms with van der Waals surface area (Å²) in [7, 11) is 1.94. The Labute approximate surface area is 99.1 Å². The predicted molar refractivity (Wildman–Crippen MR) is 65.0 cm³/mol. The van der Waals surface area contributed by atoms with E-state index >= 15 is 0 Å². The highest BCUT2D eigenvalue weighted by Gasteiger charge is 2.48. The number of hydrogen-bond donors (Lipinski definition) is 3. The molecule has 4 N–H and O–H groups in total. The van der Waals surface area contributed by atoms with Gasteiger partial charge in [0.25, 0.3) is 5.91 Å². The molecule has 0 aromatic carbocycles. The molecule has 2 aliphatic rings. The van der Waals surface area contributed by atoms with Gasteiger partial charge in [0, 0.05) is 39.3 Å². The zero-order valence-corrected chi connectivity index (χ0v) is 9.75. The first-order chi connectivity index (χ1) is 8.15. The van der Waals surface area contributed by atoms with Gasteiger partial charge in [-0.25, -0.2) is 0 Å². The van der Waals surface area contributed by atoms with E-state index in [9.17, 15) is 4.79 Å². The zero-order chi connectivity index (χ0) is 12.0. The number of amides is 1. The molecule has 0 radical (unpaired) electrons. The topological polar surface area (TPSA) is 83.4 Å². The number of ether oxygens (including phenoxy) is 1. The third-order valence-electron chi connectivity index (χ3n) is 3.87. The smallest absolute Gasteiger partial charge is 0.250 e. The zero-order valence-electron chi connectivity index (χ0n) is 9.75. The Morgan fingerprint density at radius 2 is 2.18 bits per heavy atom. The van der Waals surface area contributed by atoms with Crippen LogP contribution in [0.2, 0.25) is 0 Å². The Morgan fingerprint density at radius 3 is 2.88 bits per heavy atom. The highest BCUT2D eigenvalue weighted by atomic mass is 16.5. The second kappa shape index (κ2) is 3.40. The van der Waals surface area contributed by atoms with Crippen molar-refractivity contribution >= 4 is 23.1 Å². The molecule has 6 nitrogen and oxygen atoms in total. The summed E-state index contributed by atoms with van der Waals surface area (Å²) < 4.78 is 5.35. The van der Waals surface area contributed by atoms with Crippen LogP contribution in [-0.4, -0.2) is 36.7 Å². The predicted octanol–water partition coefficient (Wildman–Crippen LogP) is 0.534. The Kier molecular flexibility index (Phi) is 2.09. The van der Waals surface area contributed by atoms with Gasteiger partial charge in [-0.1, -0.05) is 0 Å². The van der Waals surface area contributed by atoms with Crippen molar-refractivity contribution < 1.29 is 9.53 Å². The summed E-state index contributed by atoms with van der Waals surface area (Å²) in [5, 5.41) is 2.91. The molecule has 0 unspecified atom stereocenters. The van der Waals surface area contributed by atoms with Gasteiger partial charge < -0.3 is 25.7 Å². The second-order valence-corrected chi connectivity index (χ2v) is 4.62. The van der Waals surface area contributed by atoms with Crippen molar-refractivity contribution in [3.63, 3.8) is 0 Å². The van der Waals surface area contributed by atoms with E-state index in [0.29, 0.717) is 37.6 Å². The summed E-state index contributed by atoms with van der Waals surface area (Å²) in [6, 6.07) is 0. The van der Waals surface area contributed by atoms with E-state index < -0.39 is 5.54 Å². The number of aromatic amines is 1. The minimum absolute atomic E-state index is 0.0158. The first kappa shape index (κ1) is 10.5. The second-order valence-electron chi connectivity index (χ2n) is 4.62. The van der Waals surface area contributed by atoms with Crippen molar-refractivity contribution in [1.82, 2.24) is 4.98 Å². The molecule has 2 aliphatic heterocycles. The van der Waals surface area contributed by atoms with Gasteiger partial charge in [-0.15, -0.1) is 0 Å². The average molecular weight is 236 g/mol. The Balaban J connectivity index is 2.06. The fourth-order valence-corrected chi connectivity index (χ4v) is 2.71. The number of anilines is 3. The number of carbonyl (C=O) groups excluding carboxylic acids is 1. The minimum Gasteiger partial charge on any atom is -0.383 e. The molecule has 0 aliphatic carbocycles. The molecule has 1 fully saturated rings. The lowest BCUT2D eigenvalue weighted by molar-refractivity contribution is -0.124. The Bertz CT molecular complexity index is 462. The molecule has 17 heavy (non-hydrogen) atoms. The van der Waals surface area contributed by atoms with Gasteiger partial charge in [0.2, 0.25) is 0 Å². The third kappa shape index (κ3) is 1.27. The van der Waals surface area contributed by atoms with Crippen molar-refractivity contribution in [3.05, 3.63) is 6.20 Å². The van der Waals surface area contributed by atoms with Crippen molar-refractivity contribution in [2.24, 2.45) is 0 Å². The number of aromatic nitrogens is 1. The van der Waals surface area contributed by atoms with Crippen LogP contribution in [0, 0.1) is 0 Å². The van der Waals surface area contributed by atoms with Crippen LogP contribution < -0.4 is 16.0 Å². The fraction of sp³-hybridized carbons (Fsp3) is 0.545. The van der Waals surface area contributed by atoms with Crippen LogP contribution in [0.4, 0.5) is 17.2 Å². The number of H-pyrrole nitrogens is 1. The van der Waals surface area contributed by atoms with Crippen LogP contribution in [0.3, 0.4) is 0 Å². The molecule has 6 heteroatoms. The molecule has 3 heterocycles. The number of nitrogens with two attached hydrogens (primary N) is 1. The maximum Gasteiger partial charge on any atom is 0.250 e. The standard InChI is InChI=1S/C11H16N4O2/c1-15-7-6-13-9(12)8(7)14-10(16)11(15)2-4-17-5-3-11/h6,13H,2-5,12H2,1H3,(H,14,16). The van der Waals surface area contributed by atoms with E-state index in [1.54, 1.807) is 0 Å². The van der Waals surface area contributed by atoms with Gasteiger partial charge in [-0.2, -0.15) is 0 Å². The summed E-state index contributed by atoms with van der Waals surface area (Å²) >= 11 is 0. The number of carbonyl (C=O) groups is 1. The van der Waals surface area contributed by atoms with Crippen molar-refractivity contribution in [1.29, 1.82) is 0 Å². The monoisotopic (exact) mass is 236 g/mol. The highest BCUT2D eigenvalue weighted by Crippen LogP contribution is 2.42. The molecule has 3 rings (SSSR count). The van der Waals surface area contributed by atoms with Gasteiger partial charge in [0.05, 0.1) is 5.69 Å². The maximum atomic E-state index is 12.3. The van der Waals surface area contributed by atoms with Crippen LogP contribution in [-0.2, 0) is 9.53 Å². The van der Waals surface area contributed by atoms with Gasteiger partial charge in [-0.3, -0.25) is 4.79 Å². The van der Waals surface area contributed by atoms with Crippen LogP contribution in [0.25, 0.3) is 0 Å². The summed E-state index contributed by atoms with van der Waals surface area (Å²) in [5.74, 6) is 0.518. The van der Waals surface area contributed by atoms with Gasteiger partial charge in [-0.05, 0) is 0 Å². The highest BCUT2D eigenvalue weighted by molar-refractivity contribution is 6.09. The molecule has 1 aromatic rings.